The van der Waals surface area contributed by atoms with Gasteiger partial charge in [-0.05, 0) is 13.0 Å². The molecule has 0 bridgehead atoms. The van der Waals surface area contributed by atoms with E-state index in [9.17, 15) is 4.79 Å². The van der Waals surface area contributed by atoms with Crippen molar-refractivity contribution in [3.8, 4) is 5.75 Å². The molecule has 3 rings (SSSR count). The summed E-state index contributed by atoms with van der Waals surface area (Å²) in [7, 11) is 0. The van der Waals surface area contributed by atoms with Crippen molar-refractivity contribution >= 4 is 17.7 Å². The number of hydrogen-bond donors (Lipinski definition) is 1. The highest BCUT2D eigenvalue weighted by atomic mass is 32.2. The molecule has 2 atom stereocenters. The summed E-state index contributed by atoms with van der Waals surface area (Å²) in [6.07, 6.45) is 0.839. The molecule has 1 fully saturated rings. The summed E-state index contributed by atoms with van der Waals surface area (Å²) in [6, 6.07) is 8.00. The van der Waals surface area contributed by atoms with Gasteiger partial charge in [-0.15, -0.1) is 0 Å². The van der Waals surface area contributed by atoms with E-state index in [0.29, 0.717) is 6.61 Å². The van der Waals surface area contributed by atoms with Crippen molar-refractivity contribution in [1.29, 1.82) is 0 Å². The van der Waals surface area contributed by atoms with Gasteiger partial charge in [0.15, 0.2) is 0 Å². The zero-order valence-corrected chi connectivity index (χ0v) is 13.2. The lowest BCUT2D eigenvalue weighted by atomic mass is 10.00. The summed E-state index contributed by atoms with van der Waals surface area (Å²) in [5.41, 5.74) is 1.10. The summed E-state index contributed by atoms with van der Waals surface area (Å²) in [5, 5.41) is 3.20. The Hall–Kier alpha value is -1.20. The summed E-state index contributed by atoms with van der Waals surface area (Å²) in [6.45, 7) is 4.68. The van der Waals surface area contributed by atoms with E-state index in [1.807, 2.05) is 43.0 Å². The highest BCUT2D eigenvalue weighted by molar-refractivity contribution is 7.99. The topological polar surface area (TPSA) is 41.6 Å². The van der Waals surface area contributed by atoms with Crippen molar-refractivity contribution in [3.05, 3.63) is 29.8 Å². The monoisotopic (exact) mass is 306 g/mol. The van der Waals surface area contributed by atoms with Crippen molar-refractivity contribution in [2.45, 2.75) is 25.4 Å². The second-order valence-corrected chi connectivity index (χ2v) is 6.79. The first kappa shape index (κ1) is 14.7. The summed E-state index contributed by atoms with van der Waals surface area (Å²) >= 11 is 1.96. The van der Waals surface area contributed by atoms with Gasteiger partial charge in [-0.25, -0.2) is 0 Å². The zero-order chi connectivity index (χ0) is 14.7. The highest BCUT2D eigenvalue weighted by Gasteiger charge is 2.27. The van der Waals surface area contributed by atoms with Crippen LogP contribution in [-0.2, 0) is 4.79 Å². The number of hydrogen-bond acceptors (Lipinski definition) is 4. The quantitative estimate of drug-likeness (QED) is 0.928. The molecule has 4 nitrogen and oxygen atoms in total. The maximum absolute atomic E-state index is 12.5. The molecule has 21 heavy (non-hydrogen) atoms. The largest absolute Gasteiger partial charge is 0.493 e. The first-order valence-corrected chi connectivity index (χ1v) is 8.75. The second-order valence-electron chi connectivity index (χ2n) is 5.56. The van der Waals surface area contributed by atoms with Gasteiger partial charge >= 0.3 is 0 Å². The molecular formula is C16H22N2O2S. The number of nitrogens with zero attached hydrogens (tertiary/aromatic N) is 1. The summed E-state index contributed by atoms with van der Waals surface area (Å²) < 4.78 is 5.65. The Morgan fingerprint density at radius 2 is 2.14 bits per heavy atom. The van der Waals surface area contributed by atoms with E-state index < -0.39 is 0 Å². The molecule has 0 unspecified atom stereocenters. The third-order valence-electron chi connectivity index (χ3n) is 4.25. The number of rotatable bonds is 3. The van der Waals surface area contributed by atoms with Gasteiger partial charge in [-0.2, -0.15) is 11.8 Å². The highest BCUT2D eigenvalue weighted by Crippen LogP contribution is 2.31. The lowest BCUT2D eigenvalue weighted by Gasteiger charge is -2.33. The standard InChI is InChI=1S/C16H22N2O2S/c1-12(18-7-10-21-11-8-18)16(19)17-14-6-9-20-15-5-3-2-4-13(14)15/h2-5,12,14H,6-11H2,1H3,(H,17,19)/t12-,14+/m0/s1. The second kappa shape index (κ2) is 6.71. The number of carbonyl (C=O) groups is 1. The Morgan fingerprint density at radius 3 is 2.95 bits per heavy atom. The zero-order valence-electron chi connectivity index (χ0n) is 12.4. The molecule has 0 aliphatic carbocycles. The van der Waals surface area contributed by atoms with Crippen LogP contribution in [0.15, 0.2) is 24.3 Å². The Balaban J connectivity index is 1.65. The minimum Gasteiger partial charge on any atom is -0.493 e. The number of benzene rings is 1. The predicted molar refractivity (Wildman–Crippen MR) is 85.8 cm³/mol. The van der Waals surface area contributed by atoms with Crippen LogP contribution in [0.3, 0.4) is 0 Å². The minimum absolute atomic E-state index is 0.0547. The van der Waals surface area contributed by atoms with Crippen LogP contribution in [0.4, 0.5) is 0 Å². The Morgan fingerprint density at radius 1 is 1.38 bits per heavy atom. The minimum atomic E-state index is -0.0547. The van der Waals surface area contributed by atoms with Crippen molar-refractivity contribution in [2.75, 3.05) is 31.2 Å². The van der Waals surface area contributed by atoms with Gasteiger partial charge in [0.25, 0.3) is 0 Å². The van der Waals surface area contributed by atoms with Crippen LogP contribution in [0.1, 0.15) is 24.9 Å². The molecule has 0 radical (unpaired) electrons. The molecule has 1 N–H and O–H groups in total. The average Bonchev–Trinajstić information content (AvgIpc) is 2.55. The maximum Gasteiger partial charge on any atom is 0.237 e. The fourth-order valence-electron chi connectivity index (χ4n) is 2.91. The van der Waals surface area contributed by atoms with Gasteiger partial charge in [0, 0.05) is 36.6 Å². The molecule has 0 aromatic heterocycles. The third kappa shape index (κ3) is 3.35. The predicted octanol–water partition coefficient (Wildman–Crippen LogP) is 2.06. The average molecular weight is 306 g/mol. The Bertz CT molecular complexity index is 503. The van der Waals surface area contributed by atoms with Gasteiger partial charge in [-0.1, -0.05) is 18.2 Å². The first-order valence-electron chi connectivity index (χ1n) is 7.59. The van der Waals surface area contributed by atoms with E-state index in [0.717, 1.165) is 42.3 Å². The Kier molecular flexibility index (Phi) is 4.70. The SMILES string of the molecule is C[C@@H](C(=O)N[C@@H]1CCOc2ccccc21)N1CCSCC1. The fraction of sp³-hybridized carbons (Fsp3) is 0.562. The summed E-state index contributed by atoms with van der Waals surface area (Å²) in [5.74, 6) is 3.27. The number of fused-ring (bicyclic) bond motifs is 1. The Labute approximate surface area is 130 Å². The van der Waals surface area contributed by atoms with Crippen LogP contribution in [-0.4, -0.2) is 48.1 Å². The van der Waals surface area contributed by atoms with Crippen LogP contribution in [0.5, 0.6) is 5.75 Å². The number of carbonyl (C=O) groups excluding carboxylic acids is 1. The molecule has 0 spiro atoms. The number of para-hydroxylation sites is 1. The van der Waals surface area contributed by atoms with Crippen molar-refractivity contribution < 1.29 is 9.53 Å². The lowest BCUT2D eigenvalue weighted by molar-refractivity contribution is -0.126. The molecule has 2 aliphatic heterocycles. The van der Waals surface area contributed by atoms with Crippen LogP contribution in [0.25, 0.3) is 0 Å². The van der Waals surface area contributed by atoms with Crippen molar-refractivity contribution in [2.24, 2.45) is 0 Å². The van der Waals surface area contributed by atoms with Gasteiger partial charge in [-0.3, -0.25) is 9.69 Å². The first-order chi connectivity index (χ1) is 10.3. The van der Waals surface area contributed by atoms with E-state index in [-0.39, 0.29) is 18.0 Å². The van der Waals surface area contributed by atoms with Gasteiger partial charge in [0.05, 0.1) is 18.7 Å². The summed E-state index contributed by atoms with van der Waals surface area (Å²) in [4.78, 5) is 14.8. The molecule has 2 heterocycles. The van der Waals surface area contributed by atoms with Crippen molar-refractivity contribution in [1.82, 2.24) is 10.2 Å². The van der Waals surface area contributed by atoms with Crippen LogP contribution >= 0.6 is 11.8 Å². The lowest BCUT2D eigenvalue weighted by Crippen LogP contribution is -2.49. The van der Waals surface area contributed by atoms with Gasteiger partial charge in [0.1, 0.15) is 5.75 Å². The van der Waals surface area contributed by atoms with Gasteiger partial charge < -0.3 is 10.1 Å². The number of thioether (sulfide) groups is 1. The molecule has 1 saturated heterocycles. The van der Waals surface area contributed by atoms with E-state index in [1.54, 1.807) is 0 Å². The number of amides is 1. The maximum atomic E-state index is 12.5. The molecule has 1 aromatic carbocycles. The molecule has 5 heteroatoms. The van der Waals surface area contributed by atoms with E-state index in [1.165, 1.54) is 0 Å². The van der Waals surface area contributed by atoms with E-state index >= 15 is 0 Å². The van der Waals surface area contributed by atoms with Crippen LogP contribution in [0, 0.1) is 0 Å². The number of nitrogens with one attached hydrogen (secondary N) is 1. The molecule has 2 aliphatic rings. The molecule has 1 aromatic rings. The molecule has 1 amide bonds. The number of ether oxygens (including phenoxy) is 1. The smallest absolute Gasteiger partial charge is 0.237 e. The normalized spacial score (nSPS) is 23.8. The van der Waals surface area contributed by atoms with Crippen LogP contribution < -0.4 is 10.1 Å². The van der Waals surface area contributed by atoms with Crippen LogP contribution in [0.2, 0.25) is 0 Å². The van der Waals surface area contributed by atoms with E-state index in [2.05, 4.69) is 10.2 Å². The fourth-order valence-corrected chi connectivity index (χ4v) is 3.85. The molecule has 114 valence electrons. The molecule has 0 saturated carbocycles. The van der Waals surface area contributed by atoms with E-state index in [4.69, 9.17) is 4.74 Å². The van der Waals surface area contributed by atoms with Crippen molar-refractivity contribution in [3.63, 3.8) is 0 Å². The molecular weight excluding hydrogens is 284 g/mol. The third-order valence-corrected chi connectivity index (χ3v) is 5.19. The van der Waals surface area contributed by atoms with Gasteiger partial charge in [0.2, 0.25) is 5.91 Å².